The van der Waals surface area contributed by atoms with Crippen molar-refractivity contribution >= 4 is 0 Å². The van der Waals surface area contributed by atoms with Crippen molar-refractivity contribution in [1.82, 2.24) is 4.90 Å². The zero-order valence-electron chi connectivity index (χ0n) is 13.1. The van der Waals surface area contributed by atoms with E-state index in [1.807, 2.05) is 0 Å². The Bertz CT molecular complexity index is 435. The third-order valence-corrected chi connectivity index (χ3v) is 5.02. The van der Waals surface area contributed by atoms with Crippen molar-refractivity contribution in [1.29, 1.82) is 0 Å². The van der Waals surface area contributed by atoms with E-state index in [1.165, 1.54) is 50.9 Å². The first kappa shape index (κ1) is 14.9. The van der Waals surface area contributed by atoms with Crippen molar-refractivity contribution in [3.63, 3.8) is 0 Å². The van der Waals surface area contributed by atoms with Gasteiger partial charge in [-0.3, -0.25) is 0 Å². The van der Waals surface area contributed by atoms with Crippen molar-refractivity contribution in [2.24, 2.45) is 5.92 Å². The topological polar surface area (TPSA) is 21.7 Å². The fourth-order valence-electron chi connectivity index (χ4n) is 3.72. The second kappa shape index (κ2) is 7.28. The van der Waals surface area contributed by atoms with Crippen LogP contribution < -0.4 is 4.74 Å². The first-order valence-corrected chi connectivity index (χ1v) is 8.30. The molecular weight excluding hydrogens is 262 g/mol. The Balaban J connectivity index is 1.52. The van der Waals surface area contributed by atoms with Crippen LogP contribution in [0.15, 0.2) is 24.3 Å². The predicted octanol–water partition coefficient (Wildman–Crippen LogP) is 3.30. The zero-order valence-corrected chi connectivity index (χ0v) is 13.1. The van der Waals surface area contributed by atoms with Crippen LogP contribution in [0.1, 0.15) is 37.2 Å². The molecule has 2 aliphatic rings. The Hall–Kier alpha value is -1.06. The third kappa shape index (κ3) is 3.78. The smallest absolute Gasteiger partial charge is 0.122 e. The van der Waals surface area contributed by atoms with E-state index in [0.29, 0.717) is 5.92 Å². The number of hydrogen-bond donors (Lipinski definition) is 0. The predicted molar refractivity (Wildman–Crippen MR) is 85.0 cm³/mol. The summed E-state index contributed by atoms with van der Waals surface area (Å²) in [5, 5.41) is 0. The maximum absolute atomic E-state index is 5.52. The lowest BCUT2D eigenvalue weighted by Crippen LogP contribution is -2.38. The van der Waals surface area contributed by atoms with E-state index in [0.717, 1.165) is 24.9 Å². The molecule has 0 spiro atoms. The zero-order chi connectivity index (χ0) is 14.5. The molecular formula is C18H27NO2. The molecule has 3 rings (SSSR count). The first-order chi connectivity index (χ1) is 10.4. The van der Waals surface area contributed by atoms with Gasteiger partial charge in [-0.25, -0.2) is 0 Å². The summed E-state index contributed by atoms with van der Waals surface area (Å²) in [6.45, 7) is 5.63. The van der Waals surface area contributed by atoms with Gasteiger partial charge < -0.3 is 14.4 Å². The molecule has 0 radical (unpaired) electrons. The number of para-hydroxylation sites is 1. The number of ether oxygens (including phenoxy) is 2. The van der Waals surface area contributed by atoms with Crippen LogP contribution in [0.4, 0.5) is 0 Å². The summed E-state index contributed by atoms with van der Waals surface area (Å²) >= 11 is 0. The highest BCUT2D eigenvalue weighted by Crippen LogP contribution is 2.34. The van der Waals surface area contributed by atoms with Crippen LogP contribution in [0, 0.1) is 5.92 Å². The summed E-state index contributed by atoms with van der Waals surface area (Å²) < 4.78 is 11.0. The molecule has 2 aliphatic heterocycles. The van der Waals surface area contributed by atoms with Crippen LogP contribution in [0.5, 0.6) is 5.75 Å². The quantitative estimate of drug-likeness (QED) is 0.849. The standard InChI is InChI=1S/C18H27NO2/c1-20-18-5-3-2-4-17(18)16-6-10-19(11-7-16)14-15-8-12-21-13-9-15/h2-5,15-16H,6-14H2,1H3. The number of rotatable bonds is 4. The fourth-order valence-corrected chi connectivity index (χ4v) is 3.72. The summed E-state index contributed by atoms with van der Waals surface area (Å²) in [6.07, 6.45) is 4.99. The van der Waals surface area contributed by atoms with Gasteiger partial charge in [-0.05, 0) is 62.2 Å². The van der Waals surface area contributed by atoms with Crippen LogP contribution in [0.3, 0.4) is 0 Å². The highest BCUT2D eigenvalue weighted by molar-refractivity contribution is 5.36. The Labute approximate surface area is 128 Å². The van der Waals surface area contributed by atoms with E-state index in [4.69, 9.17) is 9.47 Å². The molecule has 1 aromatic rings. The maximum atomic E-state index is 5.52. The molecule has 0 N–H and O–H groups in total. The van der Waals surface area contributed by atoms with Crippen LogP contribution in [-0.2, 0) is 4.74 Å². The van der Waals surface area contributed by atoms with Crippen molar-refractivity contribution in [2.75, 3.05) is 40.0 Å². The largest absolute Gasteiger partial charge is 0.496 e. The van der Waals surface area contributed by atoms with Crippen LogP contribution >= 0.6 is 0 Å². The molecule has 0 unspecified atom stereocenters. The molecule has 2 fully saturated rings. The molecule has 0 bridgehead atoms. The summed E-state index contributed by atoms with van der Waals surface area (Å²) in [5.74, 6) is 2.56. The van der Waals surface area contributed by atoms with Crippen molar-refractivity contribution in [3.8, 4) is 5.75 Å². The minimum absolute atomic E-state index is 0.659. The summed E-state index contributed by atoms with van der Waals surface area (Å²) in [5.41, 5.74) is 1.39. The molecule has 0 saturated carbocycles. The fraction of sp³-hybridized carbons (Fsp3) is 0.667. The Morgan fingerprint density at radius 2 is 1.81 bits per heavy atom. The lowest BCUT2D eigenvalue weighted by atomic mass is 9.88. The first-order valence-electron chi connectivity index (χ1n) is 8.30. The molecule has 1 aromatic carbocycles. The maximum Gasteiger partial charge on any atom is 0.122 e. The van der Waals surface area contributed by atoms with Gasteiger partial charge in [-0.2, -0.15) is 0 Å². The molecule has 0 amide bonds. The minimum atomic E-state index is 0.659. The lowest BCUT2D eigenvalue weighted by molar-refractivity contribution is 0.0487. The van der Waals surface area contributed by atoms with Crippen molar-refractivity contribution in [3.05, 3.63) is 29.8 Å². The molecule has 116 valence electrons. The number of benzene rings is 1. The lowest BCUT2D eigenvalue weighted by Gasteiger charge is -2.35. The molecule has 3 nitrogen and oxygen atoms in total. The van der Waals surface area contributed by atoms with E-state index < -0.39 is 0 Å². The van der Waals surface area contributed by atoms with Crippen molar-refractivity contribution in [2.45, 2.75) is 31.6 Å². The second-order valence-corrected chi connectivity index (χ2v) is 6.37. The third-order valence-electron chi connectivity index (χ3n) is 5.02. The normalized spacial score (nSPS) is 22.3. The molecule has 0 aromatic heterocycles. The Kier molecular flexibility index (Phi) is 5.15. The van der Waals surface area contributed by atoms with Gasteiger partial charge in [0.25, 0.3) is 0 Å². The van der Waals surface area contributed by atoms with E-state index in [1.54, 1.807) is 7.11 Å². The number of hydrogen-bond acceptors (Lipinski definition) is 3. The number of piperidine rings is 1. The molecule has 0 aliphatic carbocycles. The highest BCUT2D eigenvalue weighted by Gasteiger charge is 2.25. The molecule has 3 heteroatoms. The van der Waals surface area contributed by atoms with E-state index in [-0.39, 0.29) is 0 Å². The van der Waals surface area contributed by atoms with Crippen LogP contribution in [-0.4, -0.2) is 44.9 Å². The second-order valence-electron chi connectivity index (χ2n) is 6.37. The van der Waals surface area contributed by atoms with Gasteiger partial charge in [-0.1, -0.05) is 18.2 Å². The van der Waals surface area contributed by atoms with Gasteiger partial charge in [0.2, 0.25) is 0 Å². The Morgan fingerprint density at radius 3 is 2.52 bits per heavy atom. The van der Waals surface area contributed by atoms with Gasteiger partial charge in [-0.15, -0.1) is 0 Å². The van der Waals surface area contributed by atoms with Gasteiger partial charge in [0, 0.05) is 19.8 Å². The summed E-state index contributed by atoms with van der Waals surface area (Å²) in [6, 6.07) is 8.51. The van der Waals surface area contributed by atoms with E-state index in [9.17, 15) is 0 Å². The van der Waals surface area contributed by atoms with Gasteiger partial charge >= 0.3 is 0 Å². The average Bonchev–Trinajstić information content (AvgIpc) is 2.56. The van der Waals surface area contributed by atoms with E-state index in [2.05, 4.69) is 29.2 Å². The van der Waals surface area contributed by atoms with Gasteiger partial charge in [0.05, 0.1) is 7.11 Å². The monoisotopic (exact) mass is 289 g/mol. The molecule has 0 atom stereocenters. The number of methoxy groups -OCH3 is 1. The highest BCUT2D eigenvalue weighted by atomic mass is 16.5. The Morgan fingerprint density at radius 1 is 1.10 bits per heavy atom. The van der Waals surface area contributed by atoms with Gasteiger partial charge in [0.1, 0.15) is 5.75 Å². The van der Waals surface area contributed by atoms with Crippen LogP contribution in [0.2, 0.25) is 0 Å². The molecule has 21 heavy (non-hydrogen) atoms. The molecule has 2 heterocycles. The summed E-state index contributed by atoms with van der Waals surface area (Å²) in [4.78, 5) is 2.65. The van der Waals surface area contributed by atoms with Gasteiger partial charge in [0.15, 0.2) is 0 Å². The minimum Gasteiger partial charge on any atom is -0.496 e. The van der Waals surface area contributed by atoms with E-state index >= 15 is 0 Å². The SMILES string of the molecule is COc1ccccc1C1CCN(CC2CCOCC2)CC1. The number of nitrogens with zero attached hydrogens (tertiary/aromatic N) is 1. The van der Waals surface area contributed by atoms with Crippen LogP contribution in [0.25, 0.3) is 0 Å². The molecule has 2 saturated heterocycles. The number of likely N-dealkylation sites (tertiary alicyclic amines) is 1. The average molecular weight is 289 g/mol. The summed E-state index contributed by atoms with van der Waals surface area (Å²) in [7, 11) is 1.78. The van der Waals surface area contributed by atoms with Crippen molar-refractivity contribution < 1.29 is 9.47 Å².